The molecule has 1 N–H and O–H groups in total. The lowest BCUT2D eigenvalue weighted by molar-refractivity contribution is -0.0446. The summed E-state index contributed by atoms with van der Waals surface area (Å²) in [4.78, 5) is 14.5. The van der Waals surface area contributed by atoms with E-state index < -0.39 is 0 Å². The van der Waals surface area contributed by atoms with Crippen LogP contribution in [-0.2, 0) is 4.74 Å². The Bertz CT molecular complexity index is 517. The minimum absolute atomic E-state index is 0.00293. The van der Waals surface area contributed by atoms with Crippen LogP contribution < -0.4 is 4.74 Å². The number of carbonyl (C=O) groups is 1. The fourth-order valence-electron chi connectivity index (χ4n) is 3.15. The van der Waals surface area contributed by atoms with Crippen molar-refractivity contribution < 1.29 is 19.4 Å². The van der Waals surface area contributed by atoms with Crippen molar-refractivity contribution in [3.8, 4) is 11.5 Å². The lowest BCUT2D eigenvalue weighted by Crippen LogP contribution is -2.51. The highest BCUT2D eigenvalue weighted by molar-refractivity contribution is 5.97. The molecule has 1 aromatic rings. The lowest BCUT2D eigenvalue weighted by atomic mass is 10.1. The molecule has 2 aliphatic rings. The largest absolute Gasteiger partial charge is 0.507 e. The van der Waals surface area contributed by atoms with Crippen molar-refractivity contribution in [2.45, 2.75) is 31.4 Å². The molecule has 1 heterocycles. The van der Waals surface area contributed by atoms with Gasteiger partial charge in [0.15, 0.2) is 0 Å². The van der Waals surface area contributed by atoms with Gasteiger partial charge in [-0.1, -0.05) is 0 Å². The first-order chi connectivity index (χ1) is 9.70. The maximum absolute atomic E-state index is 12.7. The van der Waals surface area contributed by atoms with Crippen molar-refractivity contribution in [2.24, 2.45) is 0 Å². The Balaban J connectivity index is 1.88. The number of carbonyl (C=O) groups excluding carboxylic acids is 1. The average molecular weight is 277 g/mol. The molecule has 1 aliphatic heterocycles. The Kier molecular flexibility index (Phi) is 3.53. The van der Waals surface area contributed by atoms with Gasteiger partial charge < -0.3 is 19.5 Å². The van der Waals surface area contributed by atoms with Gasteiger partial charge in [-0.15, -0.1) is 0 Å². The third-order valence-corrected chi connectivity index (χ3v) is 4.18. The second-order valence-electron chi connectivity index (χ2n) is 5.29. The van der Waals surface area contributed by atoms with Gasteiger partial charge >= 0.3 is 0 Å². The van der Waals surface area contributed by atoms with Gasteiger partial charge in [0.1, 0.15) is 11.5 Å². The summed E-state index contributed by atoms with van der Waals surface area (Å²) in [5.41, 5.74) is 0.303. The number of methoxy groups -OCH3 is 1. The molecule has 2 unspecified atom stereocenters. The number of aromatic hydroxyl groups is 1. The molecule has 20 heavy (non-hydrogen) atoms. The molecular formula is C15H19NO4. The Morgan fingerprint density at radius 2 is 2.30 bits per heavy atom. The molecule has 2 fully saturated rings. The van der Waals surface area contributed by atoms with E-state index in [0.29, 0.717) is 24.5 Å². The summed E-state index contributed by atoms with van der Waals surface area (Å²) in [5, 5.41) is 9.94. The van der Waals surface area contributed by atoms with E-state index in [9.17, 15) is 9.90 Å². The fraction of sp³-hybridized carbons (Fsp3) is 0.533. The summed E-state index contributed by atoms with van der Waals surface area (Å²) in [7, 11) is 1.54. The summed E-state index contributed by atoms with van der Waals surface area (Å²) in [6, 6.07) is 4.88. The third-order valence-electron chi connectivity index (χ3n) is 4.18. The summed E-state index contributed by atoms with van der Waals surface area (Å²) in [6.07, 6.45) is 3.23. The highest BCUT2D eigenvalue weighted by Gasteiger charge is 2.39. The van der Waals surface area contributed by atoms with Crippen LogP contribution in [0.2, 0.25) is 0 Å². The van der Waals surface area contributed by atoms with Gasteiger partial charge in [0.2, 0.25) is 0 Å². The van der Waals surface area contributed by atoms with Crippen molar-refractivity contribution in [2.75, 3.05) is 20.3 Å². The molecule has 3 rings (SSSR count). The number of fused-ring (bicyclic) bond motifs is 1. The number of morpholine rings is 1. The molecule has 0 radical (unpaired) electrons. The normalized spacial score (nSPS) is 25.4. The first-order valence-corrected chi connectivity index (χ1v) is 7.00. The van der Waals surface area contributed by atoms with Gasteiger partial charge in [0, 0.05) is 6.54 Å². The van der Waals surface area contributed by atoms with Crippen molar-refractivity contribution in [1.29, 1.82) is 0 Å². The molecule has 0 spiro atoms. The first kappa shape index (κ1) is 13.2. The molecule has 5 nitrogen and oxygen atoms in total. The highest BCUT2D eigenvalue weighted by atomic mass is 16.5. The summed E-state index contributed by atoms with van der Waals surface area (Å²) >= 11 is 0. The van der Waals surface area contributed by atoms with Gasteiger partial charge in [-0.25, -0.2) is 0 Å². The molecule has 1 aliphatic carbocycles. The molecule has 1 aromatic carbocycles. The number of nitrogens with zero attached hydrogens (tertiary/aromatic N) is 1. The monoisotopic (exact) mass is 277 g/mol. The molecule has 1 amide bonds. The van der Waals surface area contributed by atoms with E-state index in [-0.39, 0.29) is 23.8 Å². The SMILES string of the molecule is COc1ccc(O)c(C(=O)N2CCOC3CCCC32)c1. The van der Waals surface area contributed by atoms with E-state index in [1.54, 1.807) is 19.2 Å². The van der Waals surface area contributed by atoms with Crippen LogP contribution in [0.5, 0.6) is 11.5 Å². The average Bonchev–Trinajstić information content (AvgIpc) is 2.95. The lowest BCUT2D eigenvalue weighted by Gasteiger charge is -2.37. The zero-order chi connectivity index (χ0) is 14.1. The molecule has 0 bridgehead atoms. The zero-order valence-corrected chi connectivity index (χ0v) is 11.5. The first-order valence-electron chi connectivity index (χ1n) is 7.00. The van der Waals surface area contributed by atoms with Crippen LogP contribution in [0.25, 0.3) is 0 Å². The fourth-order valence-corrected chi connectivity index (χ4v) is 3.15. The number of phenols is 1. The summed E-state index contributed by atoms with van der Waals surface area (Å²) in [6.45, 7) is 1.15. The predicted octanol–water partition coefficient (Wildman–Crippen LogP) is 1.79. The van der Waals surface area contributed by atoms with Crippen LogP contribution in [0.1, 0.15) is 29.6 Å². The Morgan fingerprint density at radius 1 is 1.45 bits per heavy atom. The third kappa shape index (κ3) is 2.22. The second kappa shape index (κ2) is 5.32. The van der Waals surface area contributed by atoms with Crippen LogP contribution in [-0.4, -0.2) is 48.3 Å². The highest BCUT2D eigenvalue weighted by Crippen LogP contribution is 2.32. The molecule has 2 atom stereocenters. The molecule has 1 saturated heterocycles. The van der Waals surface area contributed by atoms with Crippen molar-refractivity contribution >= 4 is 5.91 Å². The number of hydrogen-bond donors (Lipinski definition) is 1. The molecule has 108 valence electrons. The molecule has 0 aromatic heterocycles. The van der Waals surface area contributed by atoms with Crippen LogP contribution in [0.4, 0.5) is 0 Å². The topological polar surface area (TPSA) is 59.0 Å². The standard InChI is InChI=1S/C15H19NO4/c1-19-10-5-6-13(17)11(9-10)15(18)16-7-8-20-14-4-2-3-12(14)16/h5-6,9,12,14,17H,2-4,7-8H2,1H3. The van der Waals surface area contributed by atoms with Gasteiger partial charge in [-0.3, -0.25) is 4.79 Å². The smallest absolute Gasteiger partial charge is 0.258 e. The summed E-state index contributed by atoms with van der Waals surface area (Å²) in [5.74, 6) is 0.431. The van der Waals surface area contributed by atoms with E-state index in [1.807, 2.05) is 4.90 Å². The van der Waals surface area contributed by atoms with Gasteiger partial charge in [-0.05, 0) is 37.5 Å². The van der Waals surface area contributed by atoms with E-state index >= 15 is 0 Å². The Labute approximate surface area is 118 Å². The van der Waals surface area contributed by atoms with E-state index in [0.717, 1.165) is 19.3 Å². The van der Waals surface area contributed by atoms with Crippen LogP contribution in [0.3, 0.4) is 0 Å². The van der Waals surface area contributed by atoms with Crippen LogP contribution >= 0.6 is 0 Å². The van der Waals surface area contributed by atoms with Crippen molar-refractivity contribution in [3.63, 3.8) is 0 Å². The van der Waals surface area contributed by atoms with Crippen LogP contribution in [0, 0.1) is 0 Å². The van der Waals surface area contributed by atoms with Gasteiger partial charge in [0.05, 0.1) is 31.4 Å². The maximum Gasteiger partial charge on any atom is 0.258 e. The van der Waals surface area contributed by atoms with Gasteiger partial charge in [0.25, 0.3) is 5.91 Å². The predicted molar refractivity (Wildman–Crippen MR) is 73.1 cm³/mol. The number of benzene rings is 1. The number of amides is 1. The zero-order valence-electron chi connectivity index (χ0n) is 11.5. The van der Waals surface area contributed by atoms with E-state index in [1.165, 1.54) is 6.07 Å². The van der Waals surface area contributed by atoms with Crippen molar-refractivity contribution in [3.05, 3.63) is 23.8 Å². The van der Waals surface area contributed by atoms with Crippen molar-refractivity contribution in [1.82, 2.24) is 4.90 Å². The van der Waals surface area contributed by atoms with E-state index in [4.69, 9.17) is 9.47 Å². The number of phenolic OH excluding ortho intramolecular Hbond substituents is 1. The number of rotatable bonds is 2. The quantitative estimate of drug-likeness (QED) is 0.895. The molecule has 1 saturated carbocycles. The molecular weight excluding hydrogens is 258 g/mol. The number of hydrogen-bond acceptors (Lipinski definition) is 4. The van der Waals surface area contributed by atoms with Crippen LogP contribution in [0.15, 0.2) is 18.2 Å². The Hall–Kier alpha value is -1.75. The summed E-state index contributed by atoms with van der Waals surface area (Å²) < 4.78 is 10.8. The minimum Gasteiger partial charge on any atom is -0.507 e. The second-order valence-corrected chi connectivity index (χ2v) is 5.29. The number of ether oxygens (including phenoxy) is 2. The van der Waals surface area contributed by atoms with E-state index in [2.05, 4.69) is 0 Å². The minimum atomic E-state index is -0.137. The molecule has 5 heteroatoms. The Morgan fingerprint density at radius 3 is 3.10 bits per heavy atom. The maximum atomic E-state index is 12.7. The van der Waals surface area contributed by atoms with Gasteiger partial charge in [-0.2, -0.15) is 0 Å².